The molecule has 0 aliphatic carbocycles. The maximum Gasteiger partial charge on any atom is 0.221 e. The summed E-state index contributed by atoms with van der Waals surface area (Å²) in [5.74, 6) is -0.0920. The van der Waals surface area contributed by atoms with E-state index in [4.69, 9.17) is 4.42 Å². The molecule has 0 fully saturated rings. The van der Waals surface area contributed by atoms with Crippen molar-refractivity contribution in [3.63, 3.8) is 0 Å². The largest absolute Gasteiger partial charge is 0.460 e. The zero-order valence-electron chi connectivity index (χ0n) is 15.7. The van der Waals surface area contributed by atoms with E-state index in [0.29, 0.717) is 16.7 Å². The lowest BCUT2D eigenvalue weighted by atomic mass is 10.0. The standard InChI is InChI=1S/C22H20N2O3/c1-12(2)24-17-8-6-5-7-15(17)20(23-24)22(26)19-14(4)27-18-11-13(3)9-10-16(18)21(19)25/h5-12H,1-4H3. The third kappa shape index (κ3) is 2.67. The molecule has 0 amide bonds. The van der Waals surface area contributed by atoms with E-state index in [1.807, 2.05) is 55.8 Å². The van der Waals surface area contributed by atoms with Crippen molar-refractivity contribution in [3.05, 3.63) is 75.3 Å². The molecule has 5 heteroatoms. The molecule has 136 valence electrons. The van der Waals surface area contributed by atoms with Gasteiger partial charge in [-0.15, -0.1) is 0 Å². The number of aryl methyl sites for hydroxylation is 2. The highest BCUT2D eigenvalue weighted by molar-refractivity contribution is 6.16. The number of rotatable bonds is 3. The molecule has 0 unspecified atom stereocenters. The minimum Gasteiger partial charge on any atom is -0.460 e. The van der Waals surface area contributed by atoms with Crippen molar-refractivity contribution < 1.29 is 9.21 Å². The quantitative estimate of drug-likeness (QED) is 0.502. The van der Waals surface area contributed by atoms with Gasteiger partial charge in [0.2, 0.25) is 11.2 Å². The van der Waals surface area contributed by atoms with Gasteiger partial charge in [0.25, 0.3) is 0 Å². The van der Waals surface area contributed by atoms with Gasteiger partial charge in [-0.25, -0.2) is 0 Å². The summed E-state index contributed by atoms with van der Waals surface area (Å²) in [6, 6.07) is 13.0. The van der Waals surface area contributed by atoms with Crippen LogP contribution in [-0.4, -0.2) is 15.6 Å². The molecular formula is C22H20N2O3. The summed E-state index contributed by atoms with van der Waals surface area (Å²) in [5.41, 5.74) is 2.36. The third-order valence-corrected chi connectivity index (χ3v) is 4.77. The van der Waals surface area contributed by atoms with Crippen LogP contribution in [0.2, 0.25) is 0 Å². The minimum absolute atomic E-state index is 0.0468. The summed E-state index contributed by atoms with van der Waals surface area (Å²) in [4.78, 5) is 26.3. The van der Waals surface area contributed by atoms with Crippen molar-refractivity contribution in [2.45, 2.75) is 33.7 Å². The molecule has 0 bridgehead atoms. The lowest BCUT2D eigenvalue weighted by molar-refractivity contribution is 0.103. The Kier molecular flexibility index (Phi) is 3.95. The van der Waals surface area contributed by atoms with Gasteiger partial charge in [-0.1, -0.05) is 24.3 Å². The molecule has 5 nitrogen and oxygen atoms in total. The first-order valence-electron chi connectivity index (χ1n) is 8.94. The predicted octanol–water partition coefficient (Wildman–Crippen LogP) is 4.57. The van der Waals surface area contributed by atoms with E-state index in [2.05, 4.69) is 5.10 Å². The first-order valence-corrected chi connectivity index (χ1v) is 8.94. The zero-order valence-corrected chi connectivity index (χ0v) is 15.7. The second kappa shape index (κ2) is 6.20. The van der Waals surface area contributed by atoms with E-state index in [1.54, 1.807) is 19.1 Å². The Hall–Kier alpha value is -3.21. The van der Waals surface area contributed by atoms with Crippen LogP contribution in [-0.2, 0) is 0 Å². The fourth-order valence-electron chi connectivity index (χ4n) is 3.44. The number of fused-ring (bicyclic) bond motifs is 2. The predicted molar refractivity (Wildman–Crippen MR) is 106 cm³/mol. The molecule has 0 radical (unpaired) electrons. The summed E-state index contributed by atoms with van der Waals surface area (Å²) in [6.07, 6.45) is 0. The molecule has 0 N–H and O–H groups in total. The van der Waals surface area contributed by atoms with Crippen LogP contribution in [0.15, 0.2) is 51.7 Å². The summed E-state index contributed by atoms with van der Waals surface area (Å²) in [7, 11) is 0. The lowest BCUT2D eigenvalue weighted by Crippen LogP contribution is -2.19. The Balaban J connectivity index is 1.98. The summed E-state index contributed by atoms with van der Waals surface area (Å²) >= 11 is 0. The van der Waals surface area contributed by atoms with E-state index in [1.165, 1.54) is 0 Å². The van der Waals surface area contributed by atoms with Crippen LogP contribution in [0.5, 0.6) is 0 Å². The van der Waals surface area contributed by atoms with Crippen LogP contribution in [0.1, 0.15) is 47.3 Å². The van der Waals surface area contributed by atoms with Crippen LogP contribution < -0.4 is 5.43 Å². The van der Waals surface area contributed by atoms with E-state index in [0.717, 1.165) is 16.5 Å². The number of hydrogen-bond acceptors (Lipinski definition) is 4. The number of carbonyl (C=O) groups is 1. The van der Waals surface area contributed by atoms with Crippen LogP contribution >= 0.6 is 0 Å². The van der Waals surface area contributed by atoms with Crippen LogP contribution in [0.4, 0.5) is 0 Å². The SMILES string of the molecule is Cc1ccc2c(=O)c(C(=O)c3nn(C(C)C)c4ccccc34)c(C)oc2c1. The number of aromatic nitrogens is 2. The van der Waals surface area contributed by atoms with Gasteiger partial charge in [-0.05, 0) is 51.5 Å². The van der Waals surface area contributed by atoms with E-state index < -0.39 is 5.78 Å². The minimum atomic E-state index is -0.403. The summed E-state index contributed by atoms with van der Waals surface area (Å²) in [5, 5.41) is 5.67. The number of ketones is 1. The molecule has 4 rings (SSSR count). The zero-order chi connectivity index (χ0) is 19.3. The number of para-hydroxylation sites is 1. The van der Waals surface area contributed by atoms with Gasteiger partial charge in [0.1, 0.15) is 22.6 Å². The first-order chi connectivity index (χ1) is 12.9. The van der Waals surface area contributed by atoms with Crippen molar-refractivity contribution in [3.8, 4) is 0 Å². The van der Waals surface area contributed by atoms with Crippen LogP contribution in [0.25, 0.3) is 21.9 Å². The fraction of sp³-hybridized carbons (Fsp3) is 0.227. The first kappa shape index (κ1) is 17.2. The Bertz CT molecular complexity index is 1260. The number of hydrogen-bond donors (Lipinski definition) is 0. The molecule has 0 spiro atoms. The van der Waals surface area contributed by atoms with Crippen molar-refractivity contribution in [2.75, 3.05) is 0 Å². The maximum absolute atomic E-state index is 13.3. The van der Waals surface area contributed by atoms with Crippen molar-refractivity contribution in [1.82, 2.24) is 9.78 Å². The second-order valence-electron chi connectivity index (χ2n) is 7.10. The maximum atomic E-state index is 13.3. The Labute approximate surface area is 156 Å². The molecule has 0 atom stereocenters. The normalized spacial score (nSPS) is 11.6. The Morgan fingerprint density at radius 1 is 1.07 bits per heavy atom. The molecule has 2 aromatic heterocycles. The van der Waals surface area contributed by atoms with Gasteiger partial charge in [-0.2, -0.15) is 5.10 Å². The Morgan fingerprint density at radius 2 is 1.81 bits per heavy atom. The number of nitrogens with zero attached hydrogens (tertiary/aromatic N) is 2. The molecular weight excluding hydrogens is 340 g/mol. The summed E-state index contributed by atoms with van der Waals surface area (Å²) < 4.78 is 7.62. The number of benzene rings is 2. The average Bonchev–Trinajstić information content (AvgIpc) is 3.01. The van der Waals surface area contributed by atoms with Crippen molar-refractivity contribution >= 4 is 27.7 Å². The van der Waals surface area contributed by atoms with Gasteiger partial charge < -0.3 is 4.42 Å². The van der Waals surface area contributed by atoms with E-state index in [-0.39, 0.29) is 22.7 Å². The molecule has 0 saturated carbocycles. The average molecular weight is 360 g/mol. The van der Waals surface area contributed by atoms with Crippen LogP contribution in [0, 0.1) is 13.8 Å². The third-order valence-electron chi connectivity index (χ3n) is 4.77. The monoisotopic (exact) mass is 360 g/mol. The van der Waals surface area contributed by atoms with E-state index >= 15 is 0 Å². The summed E-state index contributed by atoms with van der Waals surface area (Å²) in [6.45, 7) is 7.59. The molecule has 2 heterocycles. The highest BCUT2D eigenvalue weighted by atomic mass is 16.3. The van der Waals surface area contributed by atoms with E-state index in [9.17, 15) is 9.59 Å². The van der Waals surface area contributed by atoms with Gasteiger partial charge in [-0.3, -0.25) is 14.3 Å². The number of carbonyl (C=O) groups excluding carboxylic acids is 1. The molecule has 4 aromatic rings. The van der Waals surface area contributed by atoms with Crippen molar-refractivity contribution in [1.29, 1.82) is 0 Å². The molecule has 27 heavy (non-hydrogen) atoms. The van der Waals surface area contributed by atoms with Gasteiger partial charge >= 0.3 is 0 Å². The van der Waals surface area contributed by atoms with Gasteiger partial charge in [0, 0.05) is 11.4 Å². The molecule has 2 aromatic carbocycles. The second-order valence-corrected chi connectivity index (χ2v) is 7.10. The van der Waals surface area contributed by atoms with Gasteiger partial charge in [0.15, 0.2) is 0 Å². The fourth-order valence-corrected chi connectivity index (χ4v) is 3.44. The van der Waals surface area contributed by atoms with Crippen LogP contribution in [0.3, 0.4) is 0 Å². The highest BCUT2D eigenvalue weighted by Gasteiger charge is 2.25. The molecule has 0 aliphatic rings. The molecule has 0 saturated heterocycles. The van der Waals surface area contributed by atoms with Gasteiger partial charge in [0.05, 0.1) is 10.9 Å². The topological polar surface area (TPSA) is 65.1 Å². The lowest BCUT2D eigenvalue weighted by Gasteiger charge is -2.06. The smallest absolute Gasteiger partial charge is 0.221 e. The highest BCUT2D eigenvalue weighted by Crippen LogP contribution is 2.25. The Morgan fingerprint density at radius 3 is 2.56 bits per heavy atom. The van der Waals surface area contributed by atoms with Crippen molar-refractivity contribution in [2.24, 2.45) is 0 Å². The molecule has 0 aliphatic heterocycles.